The van der Waals surface area contributed by atoms with Crippen molar-refractivity contribution in [3.05, 3.63) is 69.3 Å². The van der Waals surface area contributed by atoms with Gasteiger partial charge < -0.3 is 15.3 Å². The molecule has 1 unspecified atom stereocenters. The van der Waals surface area contributed by atoms with Crippen LogP contribution in [0.15, 0.2) is 30.3 Å². The van der Waals surface area contributed by atoms with Crippen LogP contribution in [-0.2, 0) is 50.1 Å². The predicted molar refractivity (Wildman–Crippen MR) is 151 cm³/mol. The molecule has 1 aromatic heterocycles. The van der Waals surface area contributed by atoms with Gasteiger partial charge in [-0.25, -0.2) is 0 Å². The number of carboxylic acid groups (broad SMARTS) is 1. The molecule has 0 fully saturated rings. The van der Waals surface area contributed by atoms with Crippen LogP contribution in [0.5, 0.6) is 0 Å². The van der Waals surface area contributed by atoms with Crippen molar-refractivity contribution in [1.29, 1.82) is 0 Å². The van der Waals surface area contributed by atoms with Gasteiger partial charge in [-0.2, -0.15) is 31.1 Å². The van der Waals surface area contributed by atoms with Crippen LogP contribution < -0.4 is 10.2 Å². The molecule has 0 saturated carbocycles. The average Bonchev–Trinajstić information content (AvgIpc) is 3.57. The Bertz CT molecular complexity index is 1450. The summed E-state index contributed by atoms with van der Waals surface area (Å²) in [5.41, 5.74) is 0.251. The number of alkyl halides is 6. The SMILES string of the molecule is CC(NCCCC(C)(C)C(=O)O)c1cc2c(cc1CN(Cc1cc(C(F)(F)F)cc(C(F)(F)F)c1)c1nnn(C)n1)CCC2. The normalized spacial score (nSPS) is 14.5. The summed E-state index contributed by atoms with van der Waals surface area (Å²) < 4.78 is 81.6. The van der Waals surface area contributed by atoms with E-state index < -0.39 is 34.9 Å². The molecule has 0 amide bonds. The number of carbonyl (C=O) groups is 1. The number of carboxylic acids is 1. The highest BCUT2D eigenvalue weighted by Gasteiger charge is 2.37. The summed E-state index contributed by atoms with van der Waals surface area (Å²) >= 11 is 0. The lowest BCUT2D eigenvalue weighted by Gasteiger charge is -2.26. The number of aryl methyl sites for hydroxylation is 3. The summed E-state index contributed by atoms with van der Waals surface area (Å²) in [7, 11) is 1.51. The van der Waals surface area contributed by atoms with Crippen molar-refractivity contribution in [3.63, 3.8) is 0 Å². The maximum absolute atomic E-state index is 13.6. The minimum atomic E-state index is -4.97. The lowest BCUT2D eigenvalue weighted by molar-refractivity contribution is -0.147. The van der Waals surface area contributed by atoms with Gasteiger partial charge >= 0.3 is 18.3 Å². The minimum absolute atomic E-state index is 0.0569. The van der Waals surface area contributed by atoms with E-state index in [0.29, 0.717) is 31.5 Å². The Hall–Kier alpha value is -3.68. The molecule has 2 aromatic carbocycles. The van der Waals surface area contributed by atoms with Crippen molar-refractivity contribution in [2.75, 3.05) is 11.4 Å². The number of nitrogens with zero attached hydrogens (tertiary/aromatic N) is 5. The fraction of sp³-hybridized carbons (Fsp3) is 0.533. The van der Waals surface area contributed by atoms with Crippen molar-refractivity contribution < 1.29 is 36.2 Å². The highest BCUT2D eigenvalue weighted by Crippen LogP contribution is 2.37. The summed E-state index contributed by atoms with van der Waals surface area (Å²) in [6, 6.07) is 5.50. The van der Waals surface area contributed by atoms with Crippen LogP contribution >= 0.6 is 0 Å². The number of tetrazole rings is 1. The number of hydrogen-bond acceptors (Lipinski definition) is 6. The highest BCUT2D eigenvalue weighted by atomic mass is 19.4. The molecule has 3 aromatic rings. The van der Waals surface area contributed by atoms with Gasteiger partial charge in [-0.1, -0.05) is 17.2 Å². The van der Waals surface area contributed by atoms with Gasteiger partial charge in [0.1, 0.15) is 0 Å². The summed E-state index contributed by atoms with van der Waals surface area (Å²) in [6.45, 7) is 5.64. The zero-order valence-corrected chi connectivity index (χ0v) is 25.0. The monoisotopic (exact) mass is 626 g/mol. The molecule has 8 nitrogen and oxygen atoms in total. The van der Waals surface area contributed by atoms with Crippen LogP contribution in [0, 0.1) is 5.41 Å². The second-order valence-electron chi connectivity index (χ2n) is 12.0. The number of benzene rings is 2. The minimum Gasteiger partial charge on any atom is -0.481 e. The summed E-state index contributed by atoms with van der Waals surface area (Å²) in [5, 5.41) is 24.9. The molecular weight excluding hydrogens is 590 g/mol. The Labute approximate surface area is 251 Å². The molecule has 0 radical (unpaired) electrons. The molecule has 240 valence electrons. The third-order valence-corrected chi connectivity index (χ3v) is 7.99. The number of aromatic nitrogens is 4. The molecular formula is C30H36F6N6O2. The number of anilines is 1. The number of nitrogens with one attached hydrogen (secondary N) is 1. The van der Waals surface area contributed by atoms with E-state index in [0.717, 1.165) is 36.0 Å². The smallest absolute Gasteiger partial charge is 0.416 e. The third kappa shape index (κ3) is 8.07. The van der Waals surface area contributed by atoms with Crippen LogP contribution in [0.25, 0.3) is 0 Å². The first-order valence-electron chi connectivity index (χ1n) is 14.3. The summed E-state index contributed by atoms with van der Waals surface area (Å²) in [4.78, 5) is 14.1. The van der Waals surface area contributed by atoms with Crippen molar-refractivity contribution in [1.82, 2.24) is 25.5 Å². The van der Waals surface area contributed by atoms with Crippen LogP contribution in [0.2, 0.25) is 0 Å². The maximum Gasteiger partial charge on any atom is 0.416 e. The number of halogens is 6. The largest absolute Gasteiger partial charge is 0.481 e. The fourth-order valence-corrected chi connectivity index (χ4v) is 5.43. The predicted octanol–water partition coefficient (Wildman–Crippen LogP) is 6.48. The lowest BCUT2D eigenvalue weighted by Crippen LogP contribution is -2.28. The van der Waals surface area contributed by atoms with Crippen LogP contribution in [0.1, 0.15) is 85.0 Å². The van der Waals surface area contributed by atoms with Crippen LogP contribution in [0.3, 0.4) is 0 Å². The van der Waals surface area contributed by atoms with Crippen LogP contribution in [-0.4, -0.2) is 37.8 Å². The molecule has 0 saturated heterocycles. The Morgan fingerprint density at radius 3 is 2.16 bits per heavy atom. The van der Waals surface area contributed by atoms with Crippen molar-refractivity contribution >= 4 is 11.9 Å². The van der Waals surface area contributed by atoms with E-state index in [4.69, 9.17) is 0 Å². The quantitative estimate of drug-likeness (QED) is 0.175. The van der Waals surface area contributed by atoms with Gasteiger partial charge in [0, 0.05) is 19.1 Å². The van der Waals surface area contributed by atoms with E-state index >= 15 is 0 Å². The molecule has 1 aliphatic carbocycles. The Morgan fingerprint density at radius 1 is 1.00 bits per heavy atom. The first kappa shape index (κ1) is 33.2. The van der Waals surface area contributed by atoms with Crippen molar-refractivity contribution in [3.8, 4) is 0 Å². The Kier molecular flexibility index (Phi) is 9.62. The molecule has 14 heteroatoms. The van der Waals surface area contributed by atoms with Gasteiger partial charge in [0.15, 0.2) is 0 Å². The lowest BCUT2D eigenvalue weighted by atomic mass is 9.88. The van der Waals surface area contributed by atoms with Gasteiger partial charge in [0.05, 0.1) is 23.6 Å². The molecule has 1 atom stereocenters. The molecule has 4 rings (SSSR count). The maximum atomic E-state index is 13.6. The molecule has 0 aliphatic heterocycles. The second-order valence-corrected chi connectivity index (χ2v) is 12.0. The van der Waals surface area contributed by atoms with Crippen LogP contribution in [0.4, 0.5) is 32.3 Å². The molecule has 44 heavy (non-hydrogen) atoms. The third-order valence-electron chi connectivity index (χ3n) is 7.99. The van der Waals surface area contributed by atoms with E-state index in [1.54, 1.807) is 13.8 Å². The van der Waals surface area contributed by atoms with Crippen molar-refractivity contribution in [2.45, 2.75) is 84.4 Å². The molecule has 0 spiro atoms. The van der Waals surface area contributed by atoms with Gasteiger partial charge in [-0.3, -0.25) is 4.79 Å². The van der Waals surface area contributed by atoms with E-state index in [1.165, 1.54) is 22.3 Å². The first-order chi connectivity index (χ1) is 20.4. The van der Waals surface area contributed by atoms with E-state index in [1.807, 2.05) is 13.0 Å². The topological polar surface area (TPSA) is 96.2 Å². The Morgan fingerprint density at radius 2 is 1.61 bits per heavy atom. The fourth-order valence-electron chi connectivity index (χ4n) is 5.43. The number of rotatable bonds is 12. The molecule has 1 aliphatic rings. The van der Waals surface area contributed by atoms with Gasteiger partial charge in [-0.15, -0.1) is 5.10 Å². The average molecular weight is 627 g/mol. The zero-order chi connectivity index (χ0) is 32.4. The van der Waals surface area contributed by atoms with Gasteiger partial charge in [0.2, 0.25) is 0 Å². The summed E-state index contributed by atoms with van der Waals surface area (Å²) in [6.07, 6.45) is -6.11. The van der Waals surface area contributed by atoms with Gasteiger partial charge in [-0.05, 0) is 111 Å². The van der Waals surface area contributed by atoms with E-state index in [9.17, 15) is 36.2 Å². The van der Waals surface area contributed by atoms with E-state index in [2.05, 4.69) is 26.8 Å². The van der Waals surface area contributed by atoms with E-state index in [-0.39, 0.29) is 36.7 Å². The number of aliphatic carboxylic acids is 1. The first-order valence-corrected chi connectivity index (χ1v) is 14.3. The zero-order valence-electron chi connectivity index (χ0n) is 25.0. The summed E-state index contributed by atoms with van der Waals surface area (Å²) in [5.74, 6) is -0.811. The standard InChI is InChI=1S/C30H36F6N6O2/c1-18(37-10-6-9-28(2,3)26(43)44)25-14-21-8-5-7-20(21)13-22(25)17-42(27-38-40-41(4)39-27)16-19-11-23(29(31,32)33)15-24(12-19)30(34,35)36/h11-15,18,37H,5-10,16-17H2,1-4H3,(H,43,44). The molecule has 1 heterocycles. The second kappa shape index (κ2) is 12.7. The van der Waals surface area contributed by atoms with Crippen molar-refractivity contribution in [2.24, 2.45) is 12.5 Å². The molecule has 2 N–H and O–H groups in total. The number of fused-ring (bicyclic) bond motifs is 1. The Balaban J connectivity index is 1.66. The highest BCUT2D eigenvalue weighted by molar-refractivity contribution is 5.73. The van der Waals surface area contributed by atoms with Gasteiger partial charge in [0.25, 0.3) is 5.95 Å². The number of hydrogen-bond donors (Lipinski definition) is 2. The molecule has 0 bridgehead atoms.